The van der Waals surface area contributed by atoms with Crippen molar-refractivity contribution in [1.29, 1.82) is 0 Å². The van der Waals surface area contributed by atoms with Crippen molar-refractivity contribution in [3.8, 4) is 0 Å². The van der Waals surface area contributed by atoms with Gasteiger partial charge in [-0.1, -0.05) is 0 Å². The molecule has 6 heteroatoms. The monoisotopic (exact) mass is 281 g/mol. The molecule has 0 saturated carbocycles. The zero-order chi connectivity index (χ0) is 10.8. The van der Waals surface area contributed by atoms with Gasteiger partial charge >= 0.3 is 0 Å². The molecule has 1 aromatic rings. The number of hydrogen-bond acceptors (Lipinski definition) is 4. The molecule has 1 atom stereocenters. The molecule has 17 heavy (non-hydrogen) atoms. The number of halogens is 2. The maximum Gasteiger partial charge on any atom is 0.208 e. The fraction of sp³-hybridized carbons (Fsp3) is 0.727. The van der Waals surface area contributed by atoms with Crippen LogP contribution >= 0.6 is 24.8 Å². The van der Waals surface area contributed by atoms with Gasteiger partial charge in [0.1, 0.15) is 5.76 Å². The summed E-state index contributed by atoms with van der Waals surface area (Å²) in [6, 6.07) is 0.623. The van der Waals surface area contributed by atoms with Gasteiger partial charge in [0.25, 0.3) is 0 Å². The summed E-state index contributed by atoms with van der Waals surface area (Å²) in [6.07, 6.45) is 1.22. The second-order valence-electron chi connectivity index (χ2n) is 4.31. The summed E-state index contributed by atoms with van der Waals surface area (Å²) in [7, 11) is 2.13. The van der Waals surface area contributed by atoms with Crippen molar-refractivity contribution in [3.63, 3.8) is 0 Å². The number of nitrogens with zero attached hydrogens (tertiary/aromatic N) is 2. The molecule has 1 fully saturated rings. The van der Waals surface area contributed by atoms with Crippen LogP contribution in [0.25, 0.3) is 0 Å². The molecule has 4 nitrogen and oxygen atoms in total. The Morgan fingerprint density at radius 3 is 2.59 bits per heavy atom. The summed E-state index contributed by atoms with van der Waals surface area (Å²) < 4.78 is 5.57. The van der Waals surface area contributed by atoms with Gasteiger partial charge in [0.2, 0.25) is 5.89 Å². The molecule has 0 amide bonds. The molecule has 100 valence electrons. The molecule has 0 bridgehead atoms. The fourth-order valence-corrected chi connectivity index (χ4v) is 1.96. The van der Waals surface area contributed by atoms with Crippen molar-refractivity contribution in [3.05, 3.63) is 17.3 Å². The number of aryl methyl sites for hydroxylation is 2. The zero-order valence-corrected chi connectivity index (χ0v) is 12.2. The molecule has 1 unspecified atom stereocenters. The first-order valence-corrected chi connectivity index (χ1v) is 5.50. The highest BCUT2D eigenvalue weighted by atomic mass is 35.5. The lowest BCUT2D eigenvalue weighted by molar-refractivity contribution is 0.223. The van der Waals surface area contributed by atoms with E-state index in [1.54, 1.807) is 0 Å². The minimum absolute atomic E-state index is 0. The van der Waals surface area contributed by atoms with Crippen LogP contribution in [0.1, 0.15) is 23.8 Å². The number of likely N-dealkylation sites (N-methyl/N-ethyl adjacent to an activating group) is 1. The van der Waals surface area contributed by atoms with E-state index in [9.17, 15) is 0 Å². The summed E-state index contributed by atoms with van der Waals surface area (Å²) in [5.41, 5.74) is 1.00. The number of nitrogens with one attached hydrogen (secondary N) is 1. The molecule has 1 aliphatic rings. The Bertz CT molecular complexity index is 318. The Hall–Kier alpha value is -0.290. The highest BCUT2D eigenvalue weighted by Crippen LogP contribution is 2.13. The van der Waals surface area contributed by atoms with Crippen molar-refractivity contribution in [2.24, 2.45) is 0 Å². The predicted octanol–water partition coefficient (Wildman–Crippen LogP) is 1.93. The van der Waals surface area contributed by atoms with Crippen LogP contribution in [0.5, 0.6) is 0 Å². The van der Waals surface area contributed by atoms with Crippen LogP contribution in [0.15, 0.2) is 4.42 Å². The molecule has 1 aliphatic heterocycles. The summed E-state index contributed by atoms with van der Waals surface area (Å²) in [4.78, 5) is 6.70. The van der Waals surface area contributed by atoms with E-state index in [0.29, 0.717) is 6.04 Å². The molecule has 0 spiro atoms. The number of rotatable bonds is 3. The van der Waals surface area contributed by atoms with Gasteiger partial charge in [0, 0.05) is 12.6 Å². The van der Waals surface area contributed by atoms with E-state index in [0.717, 1.165) is 37.0 Å². The maximum atomic E-state index is 5.57. The normalized spacial score (nSPS) is 18.9. The predicted molar refractivity (Wildman–Crippen MR) is 73.2 cm³/mol. The van der Waals surface area contributed by atoms with Crippen LogP contribution in [0.4, 0.5) is 0 Å². The van der Waals surface area contributed by atoms with Gasteiger partial charge < -0.3 is 9.73 Å². The second kappa shape index (κ2) is 7.21. The number of hydrogen-bond donors (Lipinski definition) is 1. The van der Waals surface area contributed by atoms with Gasteiger partial charge in [-0.3, -0.25) is 4.90 Å². The van der Waals surface area contributed by atoms with E-state index in [-0.39, 0.29) is 24.8 Å². The van der Waals surface area contributed by atoms with Gasteiger partial charge in [-0.05, 0) is 33.9 Å². The van der Waals surface area contributed by atoms with E-state index < -0.39 is 0 Å². The molecule has 0 radical (unpaired) electrons. The smallest absolute Gasteiger partial charge is 0.208 e. The first-order valence-electron chi connectivity index (χ1n) is 5.50. The van der Waals surface area contributed by atoms with Gasteiger partial charge in [0.15, 0.2) is 0 Å². The minimum atomic E-state index is 0. The molecule has 0 aromatic carbocycles. The molecule has 2 rings (SSSR count). The van der Waals surface area contributed by atoms with Crippen molar-refractivity contribution < 1.29 is 4.42 Å². The molecule has 2 heterocycles. The minimum Gasteiger partial charge on any atom is -0.444 e. The average molecular weight is 282 g/mol. The SMILES string of the molecule is Cc1nc(CN(C)C2CCNC2)oc1C.Cl.Cl. The summed E-state index contributed by atoms with van der Waals surface area (Å²) in [5, 5.41) is 3.36. The fourth-order valence-electron chi connectivity index (χ4n) is 1.96. The average Bonchev–Trinajstić information content (AvgIpc) is 2.77. The molecular weight excluding hydrogens is 261 g/mol. The van der Waals surface area contributed by atoms with E-state index in [1.165, 1.54) is 6.42 Å². The highest BCUT2D eigenvalue weighted by Gasteiger charge is 2.20. The molecule has 1 saturated heterocycles. The Labute approximate surface area is 115 Å². The van der Waals surface area contributed by atoms with Crippen LogP contribution < -0.4 is 5.32 Å². The third-order valence-corrected chi connectivity index (χ3v) is 3.12. The third kappa shape index (κ3) is 4.14. The summed E-state index contributed by atoms with van der Waals surface area (Å²) in [6.45, 7) is 6.96. The topological polar surface area (TPSA) is 41.3 Å². The van der Waals surface area contributed by atoms with Crippen LogP contribution in [-0.2, 0) is 6.54 Å². The zero-order valence-electron chi connectivity index (χ0n) is 10.5. The maximum absolute atomic E-state index is 5.57. The highest BCUT2D eigenvalue weighted by molar-refractivity contribution is 5.85. The first-order chi connectivity index (χ1) is 7.16. The van der Waals surface area contributed by atoms with Crippen LogP contribution in [0.3, 0.4) is 0 Å². The van der Waals surface area contributed by atoms with Gasteiger partial charge in [-0.25, -0.2) is 4.98 Å². The first kappa shape index (κ1) is 16.7. The van der Waals surface area contributed by atoms with E-state index in [2.05, 4.69) is 22.2 Å². The van der Waals surface area contributed by atoms with E-state index in [1.807, 2.05) is 13.8 Å². The quantitative estimate of drug-likeness (QED) is 0.919. The van der Waals surface area contributed by atoms with E-state index >= 15 is 0 Å². The largest absolute Gasteiger partial charge is 0.444 e. The van der Waals surface area contributed by atoms with Crippen LogP contribution in [-0.4, -0.2) is 36.1 Å². The van der Waals surface area contributed by atoms with Crippen LogP contribution in [0, 0.1) is 13.8 Å². The second-order valence-corrected chi connectivity index (χ2v) is 4.31. The van der Waals surface area contributed by atoms with Gasteiger partial charge in [-0.15, -0.1) is 24.8 Å². The molecule has 1 aromatic heterocycles. The molecular formula is C11H21Cl2N3O. The Morgan fingerprint density at radius 1 is 1.41 bits per heavy atom. The lowest BCUT2D eigenvalue weighted by Gasteiger charge is -2.21. The van der Waals surface area contributed by atoms with Crippen molar-refractivity contribution >= 4 is 24.8 Å². The molecule has 1 N–H and O–H groups in total. The van der Waals surface area contributed by atoms with Crippen molar-refractivity contribution in [2.75, 3.05) is 20.1 Å². The van der Waals surface area contributed by atoms with Gasteiger partial charge in [-0.2, -0.15) is 0 Å². The third-order valence-electron chi connectivity index (χ3n) is 3.12. The van der Waals surface area contributed by atoms with Gasteiger partial charge in [0.05, 0.1) is 12.2 Å². The lowest BCUT2D eigenvalue weighted by Crippen LogP contribution is -2.32. The Balaban J connectivity index is 0.00000128. The lowest BCUT2D eigenvalue weighted by atomic mass is 10.2. The summed E-state index contributed by atoms with van der Waals surface area (Å²) in [5.74, 6) is 1.77. The Kier molecular flexibility index (Phi) is 7.09. The number of aromatic nitrogens is 1. The van der Waals surface area contributed by atoms with Crippen molar-refractivity contribution in [2.45, 2.75) is 32.9 Å². The number of oxazole rings is 1. The van der Waals surface area contributed by atoms with E-state index in [4.69, 9.17) is 4.42 Å². The van der Waals surface area contributed by atoms with Crippen LogP contribution in [0.2, 0.25) is 0 Å². The van der Waals surface area contributed by atoms with Crippen molar-refractivity contribution in [1.82, 2.24) is 15.2 Å². The molecule has 0 aliphatic carbocycles. The Morgan fingerprint density at radius 2 is 2.12 bits per heavy atom. The summed E-state index contributed by atoms with van der Waals surface area (Å²) >= 11 is 0. The standard InChI is InChI=1S/C11H19N3O.2ClH/c1-8-9(2)15-11(13-8)7-14(3)10-4-5-12-6-10;;/h10,12H,4-7H2,1-3H3;2*1H.